The van der Waals surface area contributed by atoms with Gasteiger partial charge in [0.2, 0.25) is 0 Å². The molecule has 72 valence electrons. The molecule has 0 aliphatic rings. The van der Waals surface area contributed by atoms with Crippen LogP contribution in [0.1, 0.15) is 24.8 Å². The third-order valence-corrected chi connectivity index (χ3v) is 1.93. The fourth-order valence-corrected chi connectivity index (χ4v) is 1.27. The summed E-state index contributed by atoms with van der Waals surface area (Å²) >= 11 is 0. The quantitative estimate of drug-likeness (QED) is 0.736. The predicted molar refractivity (Wildman–Crippen MR) is 50.1 cm³/mol. The number of benzene rings is 1. The van der Waals surface area contributed by atoms with Crippen molar-refractivity contribution in [1.29, 1.82) is 5.26 Å². The molecule has 0 fully saturated rings. The van der Waals surface area contributed by atoms with Crippen LogP contribution in [0.5, 0.6) is 0 Å². The summed E-state index contributed by atoms with van der Waals surface area (Å²) in [6.45, 7) is 1.39. The molecule has 0 saturated carbocycles. The lowest BCUT2D eigenvalue weighted by Crippen LogP contribution is -2.04. The molecule has 0 N–H and O–H groups in total. The zero-order valence-electron chi connectivity index (χ0n) is 7.83. The lowest BCUT2D eigenvalue weighted by Gasteiger charge is -2.07. The average Bonchev–Trinajstić information content (AvgIpc) is 2.15. The van der Waals surface area contributed by atoms with Crippen molar-refractivity contribution in [3.8, 4) is 6.07 Å². The monoisotopic (exact) mass is 191 g/mol. The van der Waals surface area contributed by atoms with Crippen molar-refractivity contribution in [2.24, 2.45) is 0 Å². The van der Waals surface area contributed by atoms with E-state index in [1.165, 1.54) is 19.1 Å². The van der Waals surface area contributed by atoms with Gasteiger partial charge in [0.25, 0.3) is 0 Å². The van der Waals surface area contributed by atoms with Crippen molar-refractivity contribution in [2.75, 3.05) is 0 Å². The van der Waals surface area contributed by atoms with Gasteiger partial charge in [-0.15, -0.1) is 0 Å². The first-order valence-corrected chi connectivity index (χ1v) is 4.28. The van der Waals surface area contributed by atoms with Gasteiger partial charge in [-0.3, -0.25) is 4.79 Å². The fraction of sp³-hybridized carbons (Fsp3) is 0.273. The summed E-state index contributed by atoms with van der Waals surface area (Å²) in [5, 5.41) is 8.78. The summed E-state index contributed by atoms with van der Waals surface area (Å²) in [4.78, 5) is 10.8. The van der Waals surface area contributed by atoms with E-state index in [2.05, 4.69) is 0 Å². The van der Waals surface area contributed by atoms with Crippen molar-refractivity contribution < 1.29 is 9.18 Å². The Hall–Kier alpha value is -1.69. The Labute approximate surface area is 82.0 Å². The van der Waals surface area contributed by atoms with Crippen LogP contribution in [0.2, 0.25) is 0 Å². The van der Waals surface area contributed by atoms with Crippen molar-refractivity contribution in [1.82, 2.24) is 0 Å². The Bertz CT molecular complexity index is 381. The predicted octanol–water partition coefficient (Wildman–Crippen LogP) is 2.41. The van der Waals surface area contributed by atoms with Gasteiger partial charge in [-0.25, -0.2) is 4.39 Å². The summed E-state index contributed by atoms with van der Waals surface area (Å²) in [6, 6.07) is 7.97. The van der Waals surface area contributed by atoms with Gasteiger partial charge in [0.05, 0.1) is 12.0 Å². The molecule has 0 bridgehead atoms. The fourth-order valence-electron chi connectivity index (χ4n) is 1.27. The van der Waals surface area contributed by atoms with Crippen LogP contribution in [-0.2, 0) is 4.79 Å². The Kier molecular flexibility index (Phi) is 3.35. The van der Waals surface area contributed by atoms with E-state index < -0.39 is 11.7 Å². The Balaban J connectivity index is 2.96. The summed E-state index contributed by atoms with van der Waals surface area (Å²) in [6.07, 6.45) is 0.0669. The summed E-state index contributed by atoms with van der Waals surface area (Å²) in [5.41, 5.74) is 0.296. The van der Waals surface area contributed by atoms with E-state index in [0.29, 0.717) is 5.56 Å². The summed E-state index contributed by atoms with van der Waals surface area (Å²) in [5.74, 6) is -1.21. The first kappa shape index (κ1) is 10.4. The lowest BCUT2D eigenvalue weighted by atomic mass is 9.95. The van der Waals surface area contributed by atoms with Gasteiger partial charge in [0, 0.05) is 12.0 Å². The van der Waals surface area contributed by atoms with Crippen molar-refractivity contribution >= 4 is 5.78 Å². The minimum Gasteiger partial charge on any atom is -0.300 e. The number of rotatable bonds is 3. The second kappa shape index (κ2) is 4.52. The number of nitrogens with zero attached hydrogens (tertiary/aromatic N) is 1. The van der Waals surface area contributed by atoms with E-state index in [1.807, 2.05) is 6.07 Å². The Morgan fingerprint density at radius 2 is 2.21 bits per heavy atom. The highest BCUT2D eigenvalue weighted by Crippen LogP contribution is 2.21. The molecular weight excluding hydrogens is 181 g/mol. The highest BCUT2D eigenvalue weighted by atomic mass is 19.1. The number of halogens is 1. The van der Waals surface area contributed by atoms with Crippen LogP contribution in [0, 0.1) is 17.1 Å². The Morgan fingerprint density at radius 1 is 1.57 bits per heavy atom. The summed E-state index contributed by atoms with van der Waals surface area (Å²) < 4.78 is 13.2. The standard InChI is InChI=1S/C11H10FNO/c1-8(14)6-9(7-13)10-4-2-3-5-11(10)12/h2-5,9H,6H2,1H3. The van der Waals surface area contributed by atoms with Gasteiger partial charge >= 0.3 is 0 Å². The maximum absolute atomic E-state index is 13.2. The van der Waals surface area contributed by atoms with Crippen LogP contribution < -0.4 is 0 Å². The molecule has 14 heavy (non-hydrogen) atoms. The van der Waals surface area contributed by atoms with Gasteiger partial charge in [0.15, 0.2) is 0 Å². The van der Waals surface area contributed by atoms with E-state index >= 15 is 0 Å². The molecule has 0 radical (unpaired) electrons. The number of ketones is 1. The first-order valence-electron chi connectivity index (χ1n) is 4.28. The SMILES string of the molecule is CC(=O)CC(C#N)c1ccccc1F. The van der Waals surface area contributed by atoms with E-state index in [0.717, 1.165) is 0 Å². The second-order valence-corrected chi connectivity index (χ2v) is 3.11. The zero-order valence-corrected chi connectivity index (χ0v) is 7.83. The van der Waals surface area contributed by atoms with Gasteiger partial charge < -0.3 is 0 Å². The maximum atomic E-state index is 13.2. The van der Waals surface area contributed by atoms with Crippen molar-refractivity contribution in [2.45, 2.75) is 19.3 Å². The van der Waals surface area contributed by atoms with E-state index in [9.17, 15) is 9.18 Å². The molecule has 0 aliphatic carbocycles. The van der Waals surface area contributed by atoms with Crippen LogP contribution in [0.3, 0.4) is 0 Å². The van der Waals surface area contributed by atoms with E-state index in [4.69, 9.17) is 5.26 Å². The molecule has 1 atom stereocenters. The molecule has 3 heteroatoms. The van der Waals surface area contributed by atoms with Gasteiger partial charge in [-0.05, 0) is 13.0 Å². The second-order valence-electron chi connectivity index (χ2n) is 3.11. The van der Waals surface area contributed by atoms with Crippen LogP contribution in [0.25, 0.3) is 0 Å². The highest BCUT2D eigenvalue weighted by Gasteiger charge is 2.16. The van der Waals surface area contributed by atoms with Crippen LogP contribution in [-0.4, -0.2) is 5.78 Å². The maximum Gasteiger partial charge on any atom is 0.131 e. The molecule has 0 aliphatic heterocycles. The molecule has 1 rings (SSSR count). The zero-order chi connectivity index (χ0) is 10.6. The van der Waals surface area contributed by atoms with Crippen LogP contribution >= 0.6 is 0 Å². The first-order chi connectivity index (χ1) is 6.65. The average molecular weight is 191 g/mol. The molecule has 1 unspecified atom stereocenters. The molecule has 0 amide bonds. The van der Waals surface area contributed by atoms with E-state index in [1.54, 1.807) is 12.1 Å². The molecule has 1 aromatic rings. The number of carbonyl (C=O) groups is 1. The number of hydrogen-bond donors (Lipinski definition) is 0. The van der Waals surface area contributed by atoms with Gasteiger partial charge in [-0.1, -0.05) is 18.2 Å². The highest BCUT2D eigenvalue weighted by molar-refractivity contribution is 5.77. The number of Topliss-reactive ketones (excluding diaryl/α,β-unsaturated/α-hetero) is 1. The minimum atomic E-state index is -0.673. The number of carbonyl (C=O) groups excluding carboxylic acids is 1. The smallest absolute Gasteiger partial charge is 0.131 e. The molecule has 0 spiro atoms. The van der Waals surface area contributed by atoms with Gasteiger partial charge in [0.1, 0.15) is 11.6 Å². The minimum absolute atomic E-state index is 0.0669. The molecular formula is C11H10FNO. The van der Waals surface area contributed by atoms with Crippen molar-refractivity contribution in [3.63, 3.8) is 0 Å². The third-order valence-electron chi connectivity index (χ3n) is 1.93. The van der Waals surface area contributed by atoms with Crippen LogP contribution in [0.15, 0.2) is 24.3 Å². The van der Waals surface area contributed by atoms with Crippen LogP contribution in [0.4, 0.5) is 4.39 Å². The van der Waals surface area contributed by atoms with Gasteiger partial charge in [-0.2, -0.15) is 5.26 Å². The molecule has 1 aromatic carbocycles. The number of nitriles is 1. The number of hydrogen-bond acceptors (Lipinski definition) is 2. The molecule has 0 aromatic heterocycles. The lowest BCUT2D eigenvalue weighted by molar-refractivity contribution is -0.117. The Morgan fingerprint density at radius 3 is 2.71 bits per heavy atom. The topological polar surface area (TPSA) is 40.9 Å². The molecule has 0 heterocycles. The summed E-state index contributed by atoms with van der Waals surface area (Å²) in [7, 11) is 0. The molecule has 2 nitrogen and oxygen atoms in total. The molecule has 0 saturated heterocycles. The normalized spacial score (nSPS) is 11.8. The van der Waals surface area contributed by atoms with Crippen molar-refractivity contribution in [3.05, 3.63) is 35.6 Å². The largest absolute Gasteiger partial charge is 0.300 e. The third kappa shape index (κ3) is 2.40. The van der Waals surface area contributed by atoms with E-state index in [-0.39, 0.29) is 12.2 Å².